The molecule has 0 unspecified atom stereocenters. The summed E-state index contributed by atoms with van der Waals surface area (Å²) in [6, 6.07) is 5.94. The van der Waals surface area contributed by atoms with E-state index in [-0.39, 0.29) is 0 Å². The van der Waals surface area contributed by atoms with E-state index in [1.807, 2.05) is 37.6 Å². The molecule has 1 fully saturated rings. The molecule has 2 N–H and O–H groups in total. The molecule has 0 aromatic carbocycles. The highest BCUT2D eigenvalue weighted by Gasteiger charge is 2.13. The number of aromatic nitrogens is 3. The minimum absolute atomic E-state index is 0.707. The van der Waals surface area contributed by atoms with Gasteiger partial charge in [-0.2, -0.15) is 5.10 Å². The van der Waals surface area contributed by atoms with Gasteiger partial charge in [-0.1, -0.05) is 38.5 Å². The fraction of sp³-hybridized carbons (Fsp3) is 0.550. The Labute approximate surface area is 156 Å². The Morgan fingerprint density at radius 3 is 2.88 bits per heavy atom. The van der Waals surface area contributed by atoms with Crippen LogP contribution < -0.4 is 10.6 Å². The van der Waals surface area contributed by atoms with Crippen LogP contribution >= 0.6 is 0 Å². The summed E-state index contributed by atoms with van der Waals surface area (Å²) >= 11 is 0. The first kappa shape index (κ1) is 18.4. The standard InChI is InChI=1S/C20H30N6/c1-21-20(23-11-5-4-9-17-7-2-3-8-17)24-16-18-10-13-22-19(15-18)26-14-6-12-25-26/h6,10,12-15,17H,2-5,7-9,11,16H2,1H3,(H2,21,23,24). The summed E-state index contributed by atoms with van der Waals surface area (Å²) in [7, 11) is 1.82. The van der Waals surface area contributed by atoms with Gasteiger partial charge in [0.2, 0.25) is 0 Å². The quantitative estimate of drug-likeness (QED) is 0.434. The fourth-order valence-corrected chi connectivity index (χ4v) is 3.57. The third-order valence-electron chi connectivity index (χ3n) is 5.04. The Bertz CT molecular complexity index is 673. The molecular formula is C20H30N6. The molecule has 26 heavy (non-hydrogen) atoms. The van der Waals surface area contributed by atoms with Crippen LogP contribution in [0.3, 0.4) is 0 Å². The lowest BCUT2D eigenvalue weighted by Crippen LogP contribution is -2.37. The van der Waals surface area contributed by atoms with Gasteiger partial charge < -0.3 is 10.6 Å². The van der Waals surface area contributed by atoms with E-state index < -0.39 is 0 Å². The van der Waals surface area contributed by atoms with Gasteiger partial charge in [-0.15, -0.1) is 0 Å². The largest absolute Gasteiger partial charge is 0.356 e. The monoisotopic (exact) mass is 354 g/mol. The molecule has 0 aliphatic heterocycles. The maximum Gasteiger partial charge on any atom is 0.191 e. The van der Waals surface area contributed by atoms with Crippen LogP contribution in [0, 0.1) is 5.92 Å². The lowest BCUT2D eigenvalue weighted by Gasteiger charge is -2.13. The smallest absolute Gasteiger partial charge is 0.191 e. The Hall–Kier alpha value is -2.37. The van der Waals surface area contributed by atoms with E-state index >= 15 is 0 Å². The summed E-state index contributed by atoms with van der Waals surface area (Å²) < 4.78 is 1.76. The van der Waals surface area contributed by atoms with Gasteiger partial charge in [0.25, 0.3) is 0 Å². The van der Waals surface area contributed by atoms with E-state index in [9.17, 15) is 0 Å². The minimum Gasteiger partial charge on any atom is -0.356 e. The van der Waals surface area contributed by atoms with Gasteiger partial charge in [0, 0.05) is 38.7 Å². The van der Waals surface area contributed by atoms with Gasteiger partial charge in [0.05, 0.1) is 0 Å². The number of unbranched alkanes of at least 4 members (excludes halogenated alkanes) is 1. The van der Waals surface area contributed by atoms with Crippen LogP contribution in [-0.4, -0.2) is 34.3 Å². The second-order valence-corrected chi connectivity index (χ2v) is 6.97. The van der Waals surface area contributed by atoms with E-state index in [0.717, 1.165) is 29.8 Å². The molecule has 0 atom stereocenters. The van der Waals surface area contributed by atoms with Crippen molar-refractivity contribution in [3.63, 3.8) is 0 Å². The third-order valence-corrected chi connectivity index (χ3v) is 5.04. The number of nitrogens with one attached hydrogen (secondary N) is 2. The molecule has 0 amide bonds. The van der Waals surface area contributed by atoms with Crippen molar-refractivity contribution in [2.45, 2.75) is 51.5 Å². The lowest BCUT2D eigenvalue weighted by molar-refractivity contribution is 0.472. The number of guanidine groups is 1. The van der Waals surface area contributed by atoms with Crippen molar-refractivity contribution in [1.29, 1.82) is 0 Å². The van der Waals surface area contributed by atoms with Crippen LogP contribution in [0.5, 0.6) is 0 Å². The Kier molecular flexibility index (Phi) is 7.05. The topological polar surface area (TPSA) is 67.1 Å². The summed E-state index contributed by atoms with van der Waals surface area (Å²) in [5.41, 5.74) is 1.15. The number of pyridine rings is 1. The zero-order chi connectivity index (χ0) is 18.0. The van der Waals surface area contributed by atoms with Crippen LogP contribution in [-0.2, 0) is 6.54 Å². The van der Waals surface area contributed by atoms with Gasteiger partial charge in [0.15, 0.2) is 11.8 Å². The van der Waals surface area contributed by atoms with Gasteiger partial charge in [-0.25, -0.2) is 9.67 Å². The predicted molar refractivity (Wildman–Crippen MR) is 105 cm³/mol. The highest BCUT2D eigenvalue weighted by molar-refractivity contribution is 5.79. The summed E-state index contributed by atoms with van der Waals surface area (Å²) in [4.78, 5) is 8.67. The maximum atomic E-state index is 4.36. The van der Waals surface area contributed by atoms with E-state index in [4.69, 9.17) is 0 Å². The Morgan fingerprint density at radius 1 is 1.23 bits per heavy atom. The highest BCUT2D eigenvalue weighted by atomic mass is 15.3. The van der Waals surface area contributed by atoms with E-state index in [0.29, 0.717) is 6.54 Å². The molecule has 1 saturated carbocycles. The minimum atomic E-state index is 0.707. The maximum absolute atomic E-state index is 4.36. The summed E-state index contributed by atoms with van der Waals surface area (Å²) in [5.74, 6) is 2.66. The Morgan fingerprint density at radius 2 is 2.12 bits per heavy atom. The summed E-state index contributed by atoms with van der Waals surface area (Å²) in [6.07, 6.45) is 15.1. The van der Waals surface area contributed by atoms with Crippen molar-refractivity contribution < 1.29 is 0 Å². The molecule has 1 aliphatic rings. The molecule has 3 rings (SSSR count). The molecule has 2 aromatic rings. The average molecular weight is 355 g/mol. The highest BCUT2D eigenvalue weighted by Crippen LogP contribution is 2.28. The van der Waals surface area contributed by atoms with Crippen molar-refractivity contribution >= 4 is 5.96 Å². The predicted octanol–water partition coefficient (Wildman–Crippen LogP) is 3.29. The third kappa shape index (κ3) is 5.58. The molecule has 0 bridgehead atoms. The average Bonchev–Trinajstić information content (AvgIpc) is 3.38. The van der Waals surface area contributed by atoms with Gasteiger partial charge >= 0.3 is 0 Å². The van der Waals surface area contributed by atoms with E-state index in [1.54, 1.807) is 10.9 Å². The number of aliphatic imine (C=N–C) groups is 1. The molecule has 0 spiro atoms. The van der Waals surface area contributed by atoms with Gasteiger partial charge in [-0.05, 0) is 36.1 Å². The van der Waals surface area contributed by atoms with Crippen molar-refractivity contribution in [1.82, 2.24) is 25.4 Å². The molecule has 6 heteroatoms. The molecule has 0 saturated heterocycles. The second-order valence-electron chi connectivity index (χ2n) is 6.97. The van der Waals surface area contributed by atoms with Gasteiger partial charge in [0.1, 0.15) is 0 Å². The molecular weight excluding hydrogens is 324 g/mol. The number of rotatable bonds is 8. The van der Waals surface area contributed by atoms with Gasteiger partial charge in [-0.3, -0.25) is 4.99 Å². The summed E-state index contributed by atoms with van der Waals surface area (Å²) in [5, 5.41) is 11.0. The van der Waals surface area contributed by atoms with Crippen LogP contribution in [0.4, 0.5) is 0 Å². The second kappa shape index (κ2) is 9.94. The normalized spacial score (nSPS) is 15.3. The van der Waals surface area contributed by atoms with E-state index in [2.05, 4.69) is 25.7 Å². The van der Waals surface area contributed by atoms with E-state index in [1.165, 1.54) is 44.9 Å². The van der Waals surface area contributed by atoms with Crippen molar-refractivity contribution in [2.24, 2.45) is 10.9 Å². The number of hydrogen-bond acceptors (Lipinski definition) is 3. The SMILES string of the molecule is CN=C(NCCCCC1CCCC1)NCc1ccnc(-n2cccn2)c1. The first-order valence-corrected chi connectivity index (χ1v) is 9.74. The fourth-order valence-electron chi connectivity index (χ4n) is 3.57. The molecule has 2 heterocycles. The van der Waals surface area contributed by atoms with Crippen LogP contribution in [0.1, 0.15) is 50.5 Å². The molecule has 2 aromatic heterocycles. The zero-order valence-electron chi connectivity index (χ0n) is 15.7. The van der Waals surface area contributed by atoms with Crippen molar-refractivity contribution in [2.75, 3.05) is 13.6 Å². The number of nitrogens with zero attached hydrogens (tertiary/aromatic N) is 4. The number of hydrogen-bond donors (Lipinski definition) is 2. The molecule has 1 aliphatic carbocycles. The molecule has 0 radical (unpaired) electrons. The van der Waals surface area contributed by atoms with Crippen LogP contribution in [0.2, 0.25) is 0 Å². The van der Waals surface area contributed by atoms with Crippen LogP contribution in [0.15, 0.2) is 41.8 Å². The zero-order valence-corrected chi connectivity index (χ0v) is 15.7. The van der Waals surface area contributed by atoms with Crippen molar-refractivity contribution in [3.8, 4) is 5.82 Å². The van der Waals surface area contributed by atoms with Crippen LogP contribution in [0.25, 0.3) is 5.82 Å². The molecule has 140 valence electrons. The Balaban J connectivity index is 1.38. The lowest BCUT2D eigenvalue weighted by atomic mass is 10.0. The first-order valence-electron chi connectivity index (χ1n) is 9.74. The van der Waals surface area contributed by atoms with Crippen molar-refractivity contribution in [3.05, 3.63) is 42.4 Å². The first-order chi connectivity index (χ1) is 12.8. The summed E-state index contributed by atoms with van der Waals surface area (Å²) in [6.45, 7) is 1.68. The molecule has 6 nitrogen and oxygen atoms in total.